The molecule has 5 nitrogen and oxygen atoms in total. The van der Waals surface area contributed by atoms with Crippen molar-refractivity contribution < 1.29 is 4.74 Å². The normalized spacial score (nSPS) is 11.6. The van der Waals surface area contributed by atoms with Gasteiger partial charge in [0.15, 0.2) is 16.7 Å². The summed E-state index contributed by atoms with van der Waals surface area (Å²) in [6.45, 7) is 1.97. The number of rotatable bonds is 6. The molecule has 0 unspecified atom stereocenters. The highest BCUT2D eigenvalue weighted by molar-refractivity contribution is 8.16. The Labute approximate surface area is 173 Å². The maximum absolute atomic E-state index is 6.10. The van der Waals surface area contributed by atoms with Crippen LogP contribution in [0, 0.1) is 0 Å². The van der Waals surface area contributed by atoms with E-state index in [1.54, 1.807) is 31.2 Å². The summed E-state index contributed by atoms with van der Waals surface area (Å²) in [5.74, 6) is 1.99. The molecule has 0 saturated carbocycles. The van der Waals surface area contributed by atoms with Crippen LogP contribution in [0.5, 0.6) is 11.5 Å². The maximum Gasteiger partial charge on any atom is 0.175 e. The zero-order chi connectivity index (χ0) is 19.6. The number of para-hydroxylation sites is 1. The van der Waals surface area contributed by atoms with Gasteiger partial charge in [0, 0.05) is 41.5 Å². The molecule has 0 fully saturated rings. The lowest BCUT2D eigenvalue weighted by atomic mass is 10.3. The van der Waals surface area contributed by atoms with Crippen LogP contribution in [0.4, 0.5) is 5.82 Å². The summed E-state index contributed by atoms with van der Waals surface area (Å²) in [7, 11) is 1.74. The molecule has 0 radical (unpaired) electrons. The van der Waals surface area contributed by atoms with Crippen molar-refractivity contribution in [1.29, 1.82) is 0 Å². The number of anilines is 1. The van der Waals surface area contributed by atoms with Crippen molar-refractivity contribution in [3.63, 3.8) is 0 Å². The molecule has 2 heterocycles. The number of benzene rings is 1. The molecule has 0 aliphatic rings. The summed E-state index contributed by atoms with van der Waals surface area (Å²) in [5.41, 5.74) is 0. The van der Waals surface area contributed by atoms with Crippen LogP contribution in [-0.4, -0.2) is 22.2 Å². The van der Waals surface area contributed by atoms with Gasteiger partial charge in [-0.2, -0.15) is 0 Å². The number of aliphatic imine (C=N–C) groups is 1. The van der Waals surface area contributed by atoms with E-state index >= 15 is 0 Å². The molecule has 1 N–H and O–H groups in total. The predicted octanol–water partition coefficient (Wildman–Crippen LogP) is 6.08. The smallest absolute Gasteiger partial charge is 0.175 e. The Kier molecular flexibility index (Phi) is 7.52. The van der Waals surface area contributed by atoms with Crippen LogP contribution in [0.1, 0.15) is 6.92 Å². The maximum atomic E-state index is 6.10. The minimum atomic E-state index is 0.612. The summed E-state index contributed by atoms with van der Waals surface area (Å²) in [6, 6.07) is 15.6. The first kappa shape index (κ1) is 20.0. The van der Waals surface area contributed by atoms with Crippen LogP contribution < -0.4 is 10.1 Å². The molecule has 3 aromatic rings. The van der Waals surface area contributed by atoms with Crippen molar-refractivity contribution in [2.24, 2.45) is 4.99 Å². The second-order valence-electron chi connectivity index (χ2n) is 5.46. The summed E-state index contributed by atoms with van der Waals surface area (Å²) in [5, 5.41) is 5.94. The average Bonchev–Trinajstić information content (AvgIpc) is 2.74. The second-order valence-corrected chi connectivity index (χ2v) is 7.50. The lowest BCUT2D eigenvalue weighted by Gasteiger charge is -2.14. The van der Waals surface area contributed by atoms with Crippen molar-refractivity contribution in [2.75, 3.05) is 12.4 Å². The summed E-state index contributed by atoms with van der Waals surface area (Å²) in [4.78, 5) is 15.0. The van der Waals surface area contributed by atoms with Gasteiger partial charge in [-0.05, 0) is 36.6 Å². The third kappa shape index (κ3) is 5.87. The minimum absolute atomic E-state index is 0.612. The van der Waals surface area contributed by atoms with E-state index in [9.17, 15) is 0 Å². The molecule has 0 amide bonds. The zero-order valence-electron chi connectivity index (χ0n) is 15.6. The third-order valence-electron chi connectivity index (χ3n) is 3.43. The molecule has 1 aromatic carbocycles. The van der Waals surface area contributed by atoms with Crippen LogP contribution in [0.3, 0.4) is 0 Å². The number of hydrogen-bond acceptors (Lipinski definition) is 6. The molecule has 0 bridgehead atoms. The molecule has 2 aromatic heterocycles. The highest BCUT2D eigenvalue weighted by atomic mass is 32.2. The van der Waals surface area contributed by atoms with Crippen molar-refractivity contribution in [3.8, 4) is 11.5 Å². The lowest BCUT2D eigenvalue weighted by molar-refractivity contribution is 0.481. The second kappa shape index (κ2) is 10.5. The first-order valence-electron chi connectivity index (χ1n) is 8.61. The quantitative estimate of drug-likeness (QED) is 0.394. The van der Waals surface area contributed by atoms with Gasteiger partial charge in [0.25, 0.3) is 0 Å². The number of allylic oxidation sites excluding steroid dienone is 1. The number of nitrogens with zero attached hydrogens (tertiary/aromatic N) is 3. The summed E-state index contributed by atoms with van der Waals surface area (Å²) >= 11 is 3.09. The van der Waals surface area contributed by atoms with E-state index in [0.717, 1.165) is 20.7 Å². The molecule has 0 atom stereocenters. The van der Waals surface area contributed by atoms with Gasteiger partial charge in [0.1, 0.15) is 5.75 Å². The largest absolute Gasteiger partial charge is 0.453 e. The minimum Gasteiger partial charge on any atom is -0.453 e. The van der Waals surface area contributed by atoms with Gasteiger partial charge in [0.05, 0.1) is 0 Å². The molecule has 0 spiro atoms. The van der Waals surface area contributed by atoms with Crippen LogP contribution in [0.25, 0.3) is 0 Å². The Bertz CT molecular complexity index is 947. The van der Waals surface area contributed by atoms with Crippen LogP contribution in [-0.2, 0) is 0 Å². The first-order valence-corrected chi connectivity index (χ1v) is 10.3. The molecular weight excluding hydrogens is 388 g/mol. The van der Waals surface area contributed by atoms with Gasteiger partial charge >= 0.3 is 0 Å². The number of hydrogen-bond donors (Lipinski definition) is 1. The van der Waals surface area contributed by atoms with Crippen LogP contribution in [0.2, 0.25) is 0 Å². The van der Waals surface area contributed by atoms with Gasteiger partial charge in [-0.1, -0.05) is 47.8 Å². The van der Waals surface area contributed by atoms with Gasteiger partial charge < -0.3 is 10.1 Å². The van der Waals surface area contributed by atoms with Crippen LogP contribution in [0.15, 0.2) is 93.4 Å². The third-order valence-corrected chi connectivity index (χ3v) is 5.31. The fourth-order valence-corrected chi connectivity index (χ4v) is 3.51. The summed E-state index contributed by atoms with van der Waals surface area (Å²) in [6.07, 6.45) is 7.32. The fourth-order valence-electron chi connectivity index (χ4n) is 2.18. The molecule has 28 heavy (non-hydrogen) atoms. The number of ether oxygens (including phenoxy) is 1. The number of pyridine rings is 2. The Balaban J connectivity index is 1.89. The van der Waals surface area contributed by atoms with E-state index in [1.165, 1.54) is 11.8 Å². The predicted molar refractivity (Wildman–Crippen MR) is 118 cm³/mol. The Hall–Kier alpha value is -2.77. The van der Waals surface area contributed by atoms with Gasteiger partial charge in [0.2, 0.25) is 0 Å². The fraction of sp³-hybridized carbons (Fsp3) is 0.0952. The Morgan fingerprint density at radius 1 is 1.11 bits per heavy atom. The van der Waals surface area contributed by atoms with Gasteiger partial charge in [-0.15, -0.1) is 0 Å². The van der Waals surface area contributed by atoms with E-state index in [-0.39, 0.29) is 0 Å². The van der Waals surface area contributed by atoms with E-state index in [4.69, 9.17) is 4.74 Å². The first-order chi connectivity index (χ1) is 13.8. The molecular formula is C21H20N4OS2. The number of amidine groups is 1. The van der Waals surface area contributed by atoms with E-state index in [2.05, 4.69) is 20.3 Å². The standard InChI is InChI=1S/C21H20N4OS2/c1-3-13-27-21(22-2)25-20-19(26-16-7-5-4-6-8-16)14-18(15-24-20)28-17-9-11-23-12-10-17/h3-15H,1-2H3,(H,22,24,25)/b13-3+. The lowest BCUT2D eigenvalue weighted by Crippen LogP contribution is -2.09. The number of nitrogens with one attached hydrogen (secondary N) is 1. The SMILES string of the molecule is C/C=C/SC(=NC)Nc1ncc(Sc2ccncc2)cc1Oc1ccccc1. The van der Waals surface area contributed by atoms with E-state index < -0.39 is 0 Å². The zero-order valence-corrected chi connectivity index (χ0v) is 17.2. The highest BCUT2D eigenvalue weighted by Gasteiger charge is 2.11. The molecule has 0 aliphatic heterocycles. The average molecular weight is 409 g/mol. The van der Waals surface area contributed by atoms with E-state index in [0.29, 0.717) is 11.6 Å². The monoisotopic (exact) mass is 408 g/mol. The molecule has 7 heteroatoms. The number of thioether (sulfide) groups is 1. The van der Waals surface area contributed by atoms with Gasteiger partial charge in [-0.3, -0.25) is 9.98 Å². The number of aromatic nitrogens is 2. The molecule has 0 saturated heterocycles. The van der Waals surface area contributed by atoms with Crippen molar-refractivity contribution in [3.05, 3.63) is 78.6 Å². The molecule has 142 valence electrons. The van der Waals surface area contributed by atoms with Crippen molar-refractivity contribution in [1.82, 2.24) is 9.97 Å². The van der Waals surface area contributed by atoms with Crippen LogP contribution >= 0.6 is 23.5 Å². The molecule has 0 aliphatic carbocycles. The summed E-state index contributed by atoms with van der Waals surface area (Å²) < 4.78 is 6.10. The van der Waals surface area contributed by atoms with E-state index in [1.807, 2.05) is 73.1 Å². The highest BCUT2D eigenvalue weighted by Crippen LogP contribution is 2.35. The Morgan fingerprint density at radius 3 is 2.61 bits per heavy atom. The topological polar surface area (TPSA) is 59.4 Å². The Morgan fingerprint density at radius 2 is 1.89 bits per heavy atom. The van der Waals surface area contributed by atoms with Crippen molar-refractivity contribution >= 4 is 34.5 Å². The van der Waals surface area contributed by atoms with Crippen molar-refractivity contribution in [2.45, 2.75) is 16.7 Å². The van der Waals surface area contributed by atoms with Gasteiger partial charge in [-0.25, -0.2) is 4.98 Å². The molecule has 3 rings (SSSR count).